The number of nitrogens with zero attached hydrogens (tertiary/aromatic N) is 2. The maximum atomic E-state index is 14.7. The van der Waals surface area contributed by atoms with Crippen molar-refractivity contribution in [2.75, 3.05) is 52.4 Å². The number of carbonyl (C=O) groups excluding carboxylic acids is 2. The van der Waals surface area contributed by atoms with Crippen LogP contribution >= 0.6 is 0 Å². The molecule has 0 aromatic heterocycles. The number of nitrogens with one attached hydrogen (secondary N) is 3. The summed E-state index contributed by atoms with van der Waals surface area (Å²) < 4.78 is 20.3. The van der Waals surface area contributed by atoms with E-state index in [0.29, 0.717) is 32.7 Å². The number of hydrogen-bond acceptors (Lipinski definition) is 8. The quantitative estimate of drug-likeness (QED) is 0.265. The monoisotopic (exact) mass is 579 g/mol. The fourth-order valence-electron chi connectivity index (χ4n) is 8.35. The molecule has 0 radical (unpaired) electrons. The molecule has 1 aliphatic carbocycles. The van der Waals surface area contributed by atoms with Crippen LogP contribution in [0.3, 0.4) is 0 Å². The van der Waals surface area contributed by atoms with E-state index in [-0.39, 0.29) is 53.9 Å². The van der Waals surface area contributed by atoms with Gasteiger partial charge in [0.15, 0.2) is 0 Å². The van der Waals surface area contributed by atoms with Gasteiger partial charge in [-0.05, 0) is 83.3 Å². The van der Waals surface area contributed by atoms with Crippen LogP contribution in [-0.4, -0.2) is 111 Å². The number of rotatable bonds is 8. The number of likely N-dealkylation sites (tertiary alicyclic amines) is 2. The first kappa shape index (κ1) is 31.1. The highest BCUT2D eigenvalue weighted by Crippen LogP contribution is 2.47. The van der Waals surface area contributed by atoms with Gasteiger partial charge < -0.3 is 37.1 Å². The Hall–Kier alpha value is -1.37. The van der Waals surface area contributed by atoms with Crippen molar-refractivity contribution in [3.05, 3.63) is 0 Å². The van der Waals surface area contributed by atoms with Crippen LogP contribution in [0.15, 0.2) is 0 Å². The van der Waals surface area contributed by atoms with Gasteiger partial charge in [0.2, 0.25) is 11.8 Å². The van der Waals surface area contributed by atoms with E-state index in [9.17, 15) is 14.0 Å². The minimum absolute atomic E-state index is 0.0656. The lowest BCUT2D eigenvalue weighted by atomic mass is 9.72. The van der Waals surface area contributed by atoms with Crippen LogP contribution in [0.5, 0.6) is 0 Å². The third kappa shape index (κ3) is 7.41. The topological polar surface area (TPSA) is 138 Å². The molecule has 234 valence electrons. The van der Waals surface area contributed by atoms with Gasteiger partial charge in [-0.15, -0.1) is 0 Å². The number of amides is 2. The summed E-state index contributed by atoms with van der Waals surface area (Å²) in [5.41, 5.74) is 12.6. The third-order valence-corrected chi connectivity index (χ3v) is 10.7. The summed E-state index contributed by atoms with van der Waals surface area (Å²) in [6, 6.07) is -0.124. The maximum Gasteiger partial charge on any atom is 0.227 e. The minimum atomic E-state index is -0.915. The van der Waals surface area contributed by atoms with E-state index in [0.717, 1.165) is 64.6 Å². The molecule has 2 amide bonds. The minimum Gasteiger partial charge on any atom is -0.375 e. The predicted octanol–water partition coefficient (Wildman–Crippen LogP) is 0.693. The molecule has 5 fully saturated rings. The second-order valence-corrected chi connectivity index (χ2v) is 13.5. The third-order valence-electron chi connectivity index (χ3n) is 10.7. The predicted molar refractivity (Wildman–Crippen MR) is 157 cm³/mol. The second kappa shape index (κ2) is 13.9. The molecule has 10 nitrogen and oxygen atoms in total. The Kier molecular flexibility index (Phi) is 10.6. The van der Waals surface area contributed by atoms with E-state index in [1.54, 1.807) is 0 Å². The average molecular weight is 580 g/mol. The molecule has 0 bridgehead atoms. The highest BCUT2D eigenvalue weighted by atomic mass is 19.1. The number of hydrogen-bond donors (Lipinski definition) is 5. The first-order valence-corrected chi connectivity index (χ1v) is 16.3. The van der Waals surface area contributed by atoms with Crippen LogP contribution < -0.4 is 27.4 Å². The zero-order chi connectivity index (χ0) is 29.0. The van der Waals surface area contributed by atoms with Gasteiger partial charge in [-0.2, -0.15) is 0 Å². The molecular weight excluding hydrogens is 525 g/mol. The smallest absolute Gasteiger partial charge is 0.227 e. The average Bonchev–Trinajstić information content (AvgIpc) is 3.40. The van der Waals surface area contributed by atoms with Crippen molar-refractivity contribution >= 4 is 11.8 Å². The van der Waals surface area contributed by atoms with Crippen molar-refractivity contribution in [1.82, 2.24) is 25.8 Å². The van der Waals surface area contributed by atoms with Gasteiger partial charge in [0.1, 0.15) is 6.17 Å². The normalized spacial score (nSPS) is 32.9. The van der Waals surface area contributed by atoms with Crippen molar-refractivity contribution in [2.45, 2.75) is 108 Å². The van der Waals surface area contributed by atoms with Crippen LogP contribution in [0.2, 0.25) is 0 Å². The number of carbonyl (C=O) groups is 2. The Morgan fingerprint density at radius 1 is 1.07 bits per heavy atom. The number of alkyl halides is 1. The standard InChI is InChI=1S/C30H54FN7O3/c1-2-41-22-18-38(19-22)29(40)20-7-13-37(14-8-20)25-6-12-34-17-24(25)36-28(39)26(27(32)33)23-15-30(9-3-4-10-30)11-5-21(31)16-35-23/h20-27,34-35H,2-19,32-33H2,1H3,(H,36,39). The van der Waals surface area contributed by atoms with Crippen molar-refractivity contribution in [1.29, 1.82) is 0 Å². The number of nitrogens with two attached hydrogens (primary N) is 2. The molecular formula is C30H54FN7O3. The molecule has 1 saturated carbocycles. The Morgan fingerprint density at radius 2 is 1.80 bits per heavy atom. The first-order valence-electron chi connectivity index (χ1n) is 16.3. The molecule has 5 unspecified atom stereocenters. The molecule has 1 spiro atoms. The summed E-state index contributed by atoms with van der Waals surface area (Å²) in [5, 5.41) is 10.2. The molecule has 5 aliphatic rings. The molecule has 5 atom stereocenters. The Balaban J connectivity index is 1.18. The van der Waals surface area contributed by atoms with Crippen LogP contribution in [0.25, 0.3) is 0 Å². The van der Waals surface area contributed by atoms with E-state index in [4.69, 9.17) is 16.2 Å². The zero-order valence-electron chi connectivity index (χ0n) is 25.0. The Morgan fingerprint density at radius 3 is 2.49 bits per heavy atom. The molecule has 4 aliphatic heterocycles. The van der Waals surface area contributed by atoms with Crippen molar-refractivity contribution in [2.24, 2.45) is 28.7 Å². The van der Waals surface area contributed by atoms with Gasteiger partial charge in [0.25, 0.3) is 0 Å². The summed E-state index contributed by atoms with van der Waals surface area (Å²) in [7, 11) is 0. The number of ether oxygens (including phenoxy) is 1. The van der Waals surface area contributed by atoms with E-state index < -0.39 is 18.3 Å². The maximum absolute atomic E-state index is 14.7. The second-order valence-electron chi connectivity index (χ2n) is 13.5. The molecule has 7 N–H and O–H groups in total. The van der Waals surface area contributed by atoms with Crippen molar-refractivity contribution in [3.63, 3.8) is 0 Å². The number of halogens is 1. The SMILES string of the molecule is CCOC1CN(C(=O)C2CCN(C3CCNCC3NC(=O)C(C(N)N)C3CC4(CCCC4)CCC(F)CN3)CC2)C1. The molecule has 4 heterocycles. The largest absolute Gasteiger partial charge is 0.375 e. The summed E-state index contributed by atoms with van der Waals surface area (Å²) in [4.78, 5) is 31.3. The summed E-state index contributed by atoms with van der Waals surface area (Å²) in [6.45, 7) is 7.61. The van der Waals surface area contributed by atoms with Gasteiger partial charge in [0, 0.05) is 50.8 Å². The van der Waals surface area contributed by atoms with Gasteiger partial charge in [-0.3, -0.25) is 14.5 Å². The van der Waals surface area contributed by atoms with E-state index in [2.05, 4.69) is 20.9 Å². The fourth-order valence-corrected chi connectivity index (χ4v) is 8.35. The van der Waals surface area contributed by atoms with Gasteiger partial charge >= 0.3 is 0 Å². The molecule has 4 saturated heterocycles. The Labute approximate surface area is 245 Å². The summed E-state index contributed by atoms with van der Waals surface area (Å²) in [6.07, 6.45) is 7.83. The van der Waals surface area contributed by atoms with Crippen molar-refractivity contribution < 1.29 is 18.7 Å². The Bertz CT molecular complexity index is 874. The molecule has 0 aromatic rings. The first-order chi connectivity index (χ1) is 19.8. The van der Waals surface area contributed by atoms with E-state index >= 15 is 0 Å². The van der Waals surface area contributed by atoms with Gasteiger partial charge in [-0.25, -0.2) is 4.39 Å². The lowest BCUT2D eigenvalue weighted by Gasteiger charge is -2.46. The molecule has 5 rings (SSSR count). The van der Waals surface area contributed by atoms with E-state index in [1.807, 2.05) is 11.8 Å². The highest BCUT2D eigenvalue weighted by molar-refractivity contribution is 5.81. The van der Waals surface area contributed by atoms with Crippen molar-refractivity contribution in [3.8, 4) is 0 Å². The molecule has 41 heavy (non-hydrogen) atoms. The van der Waals surface area contributed by atoms with Crippen LogP contribution in [0.4, 0.5) is 4.39 Å². The summed E-state index contributed by atoms with van der Waals surface area (Å²) >= 11 is 0. The van der Waals surface area contributed by atoms with Gasteiger partial charge in [0.05, 0.1) is 24.2 Å². The lowest BCUT2D eigenvalue weighted by Crippen LogP contribution is -2.65. The lowest BCUT2D eigenvalue weighted by molar-refractivity contribution is -0.150. The van der Waals surface area contributed by atoms with Crippen LogP contribution in [0.1, 0.15) is 71.1 Å². The molecule has 11 heteroatoms. The van der Waals surface area contributed by atoms with Crippen LogP contribution in [0, 0.1) is 17.3 Å². The van der Waals surface area contributed by atoms with Crippen LogP contribution in [-0.2, 0) is 14.3 Å². The summed E-state index contributed by atoms with van der Waals surface area (Å²) in [5.74, 6) is -0.429. The zero-order valence-corrected chi connectivity index (χ0v) is 25.0. The molecule has 0 aromatic carbocycles. The highest BCUT2D eigenvalue weighted by Gasteiger charge is 2.44. The van der Waals surface area contributed by atoms with Gasteiger partial charge in [-0.1, -0.05) is 12.8 Å². The fraction of sp³-hybridized carbons (Fsp3) is 0.933. The number of piperidine rings is 2. The van der Waals surface area contributed by atoms with E-state index in [1.165, 1.54) is 12.8 Å².